The Bertz CT molecular complexity index is 74.9. The van der Waals surface area contributed by atoms with E-state index in [4.69, 9.17) is 0 Å². The van der Waals surface area contributed by atoms with Gasteiger partial charge >= 0.3 is 0 Å². The minimum Gasteiger partial charge on any atom is -0.326 e. The van der Waals surface area contributed by atoms with Crippen LogP contribution in [0, 0.1) is 0 Å². The second-order valence-corrected chi connectivity index (χ2v) is 1.24. The number of hydrogen-bond acceptors (Lipinski definition) is 1. The van der Waals surface area contributed by atoms with Crippen molar-refractivity contribution in [2.24, 2.45) is 0 Å². The van der Waals surface area contributed by atoms with Crippen LogP contribution in [0.1, 0.15) is 6.42 Å². The van der Waals surface area contributed by atoms with Crippen molar-refractivity contribution in [3.8, 4) is 0 Å². The van der Waals surface area contributed by atoms with E-state index in [2.05, 4.69) is 0 Å². The van der Waals surface area contributed by atoms with Crippen LogP contribution in [0.25, 0.3) is 0 Å². The molecule has 1 saturated heterocycles. The van der Waals surface area contributed by atoms with E-state index in [-0.39, 0.29) is 12.3 Å². The molecule has 1 heterocycles. The van der Waals surface area contributed by atoms with Gasteiger partial charge in [-0.1, -0.05) is 0 Å². The lowest BCUT2D eigenvalue weighted by atomic mass is 10.2. The molecule has 1 fully saturated rings. The lowest BCUT2D eigenvalue weighted by Crippen LogP contribution is -2.45. The Kier molecular flexibility index (Phi) is 0.555. The maximum atomic E-state index is 11.4. The molecule has 34 valence electrons. The molecule has 3 heteroatoms. The summed E-state index contributed by atoms with van der Waals surface area (Å²) in [6.45, 7) is 0. The molecule has 0 unspecified atom stereocenters. The van der Waals surface area contributed by atoms with Gasteiger partial charge in [-0.15, -0.1) is 0 Å². The molecule has 0 aliphatic carbocycles. The van der Waals surface area contributed by atoms with Gasteiger partial charge in [0, 0.05) is 0 Å². The average Bonchev–Trinajstić information content (AvgIpc) is 1.33. The zero-order valence-corrected chi connectivity index (χ0v) is 3.07. The third-order valence-corrected chi connectivity index (χ3v) is 0.682. The Balaban J connectivity index is 2.28. The van der Waals surface area contributed by atoms with Crippen molar-refractivity contribution in [3.63, 3.8) is 0 Å². The molecule has 1 N–H and O–H groups in total. The lowest BCUT2D eigenvalue weighted by Gasteiger charge is -2.17. The number of hydrogen-bond donors (Lipinski definition) is 1. The molecule has 6 heavy (non-hydrogen) atoms. The van der Waals surface area contributed by atoms with Gasteiger partial charge in [0.1, 0.15) is 0 Å². The summed E-state index contributed by atoms with van der Waals surface area (Å²) in [5.41, 5.74) is 0. The highest BCUT2D eigenvalue weighted by molar-refractivity contribution is 5.82. The molecule has 0 saturated carbocycles. The summed E-state index contributed by atoms with van der Waals surface area (Å²) in [7, 11) is 0. The summed E-state index contributed by atoms with van der Waals surface area (Å²) < 4.78 is 11.4. The molecule has 0 spiro atoms. The van der Waals surface area contributed by atoms with Gasteiger partial charge in [0.25, 0.3) is 0 Å². The number of rotatable bonds is 0. The van der Waals surface area contributed by atoms with Crippen LogP contribution in [-0.4, -0.2) is 12.2 Å². The van der Waals surface area contributed by atoms with Crippen LogP contribution in [0.2, 0.25) is 0 Å². The monoisotopic (exact) mass is 89.0 g/mol. The number of carbonyl (C=O) groups is 1. The van der Waals surface area contributed by atoms with Crippen LogP contribution in [-0.2, 0) is 4.79 Å². The third-order valence-electron chi connectivity index (χ3n) is 0.682. The number of β-lactam (4-membered cyclic amide) rings is 1. The molecule has 0 radical (unpaired) electrons. The van der Waals surface area contributed by atoms with Crippen LogP contribution in [0.5, 0.6) is 0 Å². The summed E-state index contributed by atoms with van der Waals surface area (Å²) in [6.07, 6.45) is -1.00. The fourth-order valence-electron chi connectivity index (χ4n) is 0.316. The van der Waals surface area contributed by atoms with Gasteiger partial charge in [-0.2, -0.15) is 0 Å². The third kappa shape index (κ3) is 0.358. The van der Waals surface area contributed by atoms with E-state index in [1.54, 1.807) is 0 Å². The van der Waals surface area contributed by atoms with Crippen LogP contribution >= 0.6 is 0 Å². The molecule has 1 amide bonds. The van der Waals surface area contributed by atoms with Crippen molar-refractivity contribution in [1.29, 1.82) is 0 Å². The summed E-state index contributed by atoms with van der Waals surface area (Å²) in [5.74, 6) is -0.192. The highest BCUT2D eigenvalue weighted by Gasteiger charge is 2.23. The van der Waals surface area contributed by atoms with Gasteiger partial charge in [-0.3, -0.25) is 4.79 Å². The molecular weight excluding hydrogens is 85.0 g/mol. The maximum Gasteiger partial charge on any atom is 0.227 e. The Labute approximate surface area is 34.3 Å². The number of halogens is 1. The highest BCUT2D eigenvalue weighted by Crippen LogP contribution is 2.02. The van der Waals surface area contributed by atoms with Gasteiger partial charge in [0.15, 0.2) is 6.30 Å². The first kappa shape index (κ1) is 3.59. The summed E-state index contributed by atoms with van der Waals surface area (Å²) >= 11 is 0. The second kappa shape index (κ2) is 0.929. The first-order valence-electron chi connectivity index (χ1n) is 1.72. The number of alkyl halides is 1. The largest absolute Gasteiger partial charge is 0.326 e. The van der Waals surface area contributed by atoms with Gasteiger partial charge in [-0.05, 0) is 0 Å². The van der Waals surface area contributed by atoms with Gasteiger partial charge in [0.2, 0.25) is 5.91 Å². The van der Waals surface area contributed by atoms with Gasteiger partial charge in [0.05, 0.1) is 6.42 Å². The van der Waals surface area contributed by atoms with Crippen molar-refractivity contribution in [1.82, 2.24) is 5.32 Å². The summed E-state index contributed by atoms with van der Waals surface area (Å²) in [6, 6.07) is 0. The molecular formula is C3H4FNO. The molecule has 1 aliphatic heterocycles. The molecule has 2 nitrogen and oxygen atoms in total. The van der Waals surface area contributed by atoms with E-state index in [1.165, 1.54) is 0 Å². The SMILES string of the molecule is O=C1C[C@@H](F)N1. The van der Waals surface area contributed by atoms with E-state index < -0.39 is 6.30 Å². The van der Waals surface area contributed by atoms with Gasteiger partial charge < -0.3 is 5.32 Å². The smallest absolute Gasteiger partial charge is 0.227 e. The van der Waals surface area contributed by atoms with Crippen LogP contribution < -0.4 is 5.32 Å². The Morgan fingerprint density at radius 3 is 2.50 bits per heavy atom. The normalized spacial score (nSPS) is 31.5. The quantitative estimate of drug-likeness (QED) is 0.323. The first-order valence-corrected chi connectivity index (χ1v) is 1.72. The zero-order chi connectivity index (χ0) is 4.57. The summed E-state index contributed by atoms with van der Waals surface area (Å²) in [5, 5.41) is 2.00. The van der Waals surface area contributed by atoms with E-state index in [1.807, 2.05) is 5.32 Å². The molecule has 0 aromatic rings. The Hall–Kier alpha value is -0.600. The minimum atomic E-state index is -1.06. The van der Waals surface area contributed by atoms with E-state index in [9.17, 15) is 9.18 Å². The van der Waals surface area contributed by atoms with Crippen molar-refractivity contribution < 1.29 is 9.18 Å². The molecule has 0 bridgehead atoms. The molecule has 0 aromatic heterocycles. The zero-order valence-electron chi connectivity index (χ0n) is 3.07. The van der Waals surface area contributed by atoms with Crippen LogP contribution in [0.3, 0.4) is 0 Å². The van der Waals surface area contributed by atoms with Gasteiger partial charge in [-0.25, -0.2) is 4.39 Å². The molecule has 1 rings (SSSR count). The van der Waals surface area contributed by atoms with E-state index in [0.717, 1.165) is 0 Å². The first-order chi connectivity index (χ1) is 2.79. The molecule has 0 aromatic carbocycles. The van der Waals surface area contributed by atoms with Crippen LogP contribution in [0.15, 0.2) is 0 Å². The standard InChI is InChI=1S/C3H4FNO/c4-2-1-3(6)5-2/h2H,1H2,(H,5,6)/t2-/m0/s1. The van der Waals surface area contributed by atoms with Crippen molar-refractivity contribution >= 4 is 5.91 Å². The maximum absolute atomic E-state index is 11.4. The molecule has 1 atom stereocenters. The fourth-order valence-corrected chi connectivity index (χ4v) is 0.316. The highest BCUT2D eigenvalue weighted by atomic mass is 19.1. The van der Waals surface area contributed by atoms with Crippen molar-refractivity contribution in [2.75, 3.05) is 0 Å². The van der Waals surface area contributed by atoms with Crippen molar-refractivity contribution in [3.05, 3.63) is 0 Å². The van der Waals surface area contributed by atoms with Crippen molar-refractivity contribution in [2.45, 2.75) is 12.7 Å². The number of carbonyl (C=O) groups excluding carboxylic acids is 1. The minimum absolute atomic E-state index is 0.0556. The lowest BCUT2D eigenvalue weighted by molar-refractivity contribution is -0.131. The average molecular weight is 89.1 g/mol. The summed E-state index contributed by atoms with van der Waals surface area (Å²) in [4.78, 5) is 9.76. The topological polar surface area (TPSA) is 29.1 Å². The predicted octanol–water partition coefficient (Wildman–Crippen LogP) is -0.198. The fraction of sp³-hybridized carbons (Fsp3) is 0.667. The second-order valence-electron chi connectivity index (χ2n) is 1.24. The molecule has 1 aliphatic rings. The predicted molar refractivity (Wildman–Crippen MR) is 17.7 cm³/mol. The number of nitrogens with one attached hydrogen (secondary N) is 1. The Morgan fingerprint density at radius 2 is 2.50 bits per heavy atom. The Morgan fingerprint density at radius 1 is 2.00 bits per heavy atom. The number of amides is 1. The van der Waals surface area contributed by atoms with E-state index >= 15 is 0 Å². The van der Waals surface area contributed by atoms with Crippen LogP contribution in [0.4, 0.5) is 4.39 Å². The van der Waals surface area contributed by atoms with E-state index in [0.29, 0.717) is 0 Å².